The molecule has 2 aromatic rings. The number of carbonyl (C=O) groups is 1. The number of anilines is 1. The van der Waals surface area contributed by atoms with Crippen molar-refractivity contribution in [2.24, 2.45) is 0 Å². The molecule has 0 spiro atoms. The second-order valence-corrected chi connectivity index (χ2v) is 10.3. The normalized spacial score (nSPS) is 20.1. The summed E-state index contributed by atoms with van der Waals surface area (Å²) in [7, 11) is -3.03. The number of nitrogens with zero attached hydrogens (tertiary/aromatic N) is 2. The van der Waals surface area contributed by atoms with Gasteiger partial charge in [-0.15, -0.1) is 0 Å². The maximum absolute atomic E-state index is 12.7. The Hall–Kier alpha value is -2.00. The zero-order chi connectivity index (χ0) is 19.7. The molecule has 1 atom stereocenters. The number of carbonyl (C=O) groups excluding carboxylic acids is 1. The van der Waals surface area contributed by atoms with Gasteiger partial charge in [-0.25, -0.2) is 13.1 Å². The minimum Gasteiger partial charge on any atom is -0.494 e. The lowest BCUT2D eigenvalue weighted by atomic mass is 10.1. The van der Waals surface area contributed by atoms with Crippen LogP contribution in [0.15, 0.2) is 24.3 Å². The smallest absolute Gasteiger partial charge is 0.229 e. The molecular weight excluding hydrogens is 398 g/mol. The highest BCUT2D eigenvalue weighted by Gasteiger charge is 2.34. The van der Waals surface area contributed by atoms with Crippen molar-refractivity contribution < 1.29 is 17.9 Å². The van der Waals surface area contributed by atoms with Crippen molar-refractivity contribution in [2.75, 3.05) is 23.4 Å². The molecule has 28 heavy (non-hydrogen) atoms. The number of sulfone groups is 1. The van der Waals surface area contributed by atoms with Crippen LogP contribution >= 0.6 is 11.8 Å². The van der Waals surface area contributed by atoms with Crippen LogP contribution in [0.5, 0.6) is 5.75 Å². The summed E-state index contributed by atoms with van der Waals surface area (Å²) in [5, 5.41) is 7.64. The van der Waals surface area contributed by atoms with Gasteiger partial charge in [0.15, 0.2) is 9.84 Å². The number of hydrogen-bond acceptors (Lipinski definition) is 6. The summed E-state index contributed by atoms with van der Waals surface area (Å²) < 4.78 is 31.0. The van der Waals surface area contributed by atoms with E-state index in [1.165, 1.54) is 0 Å². The highest BCUT2D eigenvalue weighted by molar-refractivity contribution is 7.98. The van der Waals surface area contributed by atoms with Crippen LogP contribution in [-0.4, -0.2) is 42.2 Å². The fraction of sp³-hybridized carbons (Fsp3) is 0.474. The molecule has 0 aliphatic carbocycles. The lowest BCUT2D eigenvalue weighted by molar-refractivity contribution is -0.115. The lowest BCUT2D eigenvalue weighted by Crippen LogP contribution is -2.21. The maximum atomic E-state index is 12.7. The Morgan fingerprint density at radius 2 is 2.11 bits per heavy atom. The molecule has 0 saturated carbocycles. The number of hydrogen-bond donors (Lipinski definition) is 1. The van der Waals surface area contributed by atoms with Crippen LogP contribution in [0, 0.1) is 0 Å². The van der Waals surface area contributed by atoms with Gasteiger partial charge in [-0.3, -0.25) is 4.79 Å². The van der Waals surface area contributed by atoms with Gasteiger partial charge < -0.3 is 10.1 Å². The van der Waals surface area contributed by atoms with Gasteiger partial charge in [0.05, 0.1) is 36.3 Å². The predicted molar refractivity (Wildman–Crippen MR) is 109 cm³/mol. The lowest BCUT2D eigenvalue weighted by Gasteiger charge is -2.15. The number of amides is 1. The van der Waals surface area contributed by atoms with Gasteiger partial charge in [0, 0.05) is 17.1 Å². The Bertz CT molecular complexity index is 983. The van der Waals surface area contributed by atoms with Gasteiger partial charge in [0.1, 0.15) is 11.6 Å². The maximum Gasteiger partial charge on any atom is 0.229 e. The molecule has 1 fully saturated rings. The molecule has 1 unspecified atom stereocenters. The van der Waals surface area contributed by atoms with Gasteiger partial charge in [0.25, 0.3) is 0 Å². The molecule has 2 aliphatic heterocycles. The molecule has 2 aliphatic rings. The number of benzene rings is 1. The predicted octanol–water partition coefficient (Wildman–Crippen LogP) is 2.57. The minimum absolute atomic E-state index is 0.0858. The fourth-order valence-electron chi connectivity index (χ4n) is 3.63. The average Bonchev–Trinajstić information content (AvgIpc) is 3.32. The molecular formula is C19H23N3O4S2. The largest absolute Gasteiger partial charge is 0.494 e. The van der Waals surface area contributed by atoms with E-state index >= 15 is 0 Å². The highest BCUT2D eigenvalue weighted by atomic mass is 32.2. The van der Waals surface area contributed by atoms with Crippen molar-refractivity contribution in [3.8, 4) is 5.75 Å². The first-order valence-corrected chi connectivity index (χ1v) is 12.3. The number of thioether (sulfide) groups is 1. The van der Waals surface area contributed by atoms with E-state index in [0.717, 1.165) is 34.1 Å². The van der Waals surface area contributed by atoms with Gasteiger partial charge in [-0.2, -0.15) is 16.9 Å². The molecule has 150 valence electrons. The van der Waals surface area contributed by atoms with Crippen molar-refractivity contribution in [2.45, 2.75) is 37.3 Å². The summed E-state index contributed by atoms with van der Waals surface area (Å²) in [4.78, 5) is 12.7. The molecule has 1 N–H and O–H groups in total. The molecule has 7 nitrogen and oxygen atoms in total. The number of ether oxygens (including phenoxy) is 1. The van der Waals surface area contributed by atoms with Crippen LogP contribution in [0.2, 0.25) is 0 Å². The van der Waals surface area contributed by atoms with Crippen molar-refractivity contribution in [3.05, 3.63) is 41.1 Å². The van der Waals surface area contributed by atoms with Gasteiger partial charge in [0.2, 0.25) is 5.91 Å². The number of nitrogens with one attached hydrogen (secondary N) is 1. The third kappa shape index (κ3) is 4.05. The summed E-state index contributed by atoms with van der Waals surface area (Å²) in [5.74, 6) is 3.15. The number of fused-ring (bicyclic) bond motifs is 1. The third-order valence-electron chi connectivity index (χ3n) is 4.99. The standard InChI is InChI=1S/C19H23N3O4S2/c1-2-26-15-5-3-13(4-6-15)9-18(23)20-19-16-10-27-11-17(16)21-22(19)14-7-8-28(24,25)12-14/h3-6,14H,2,7-12H2,1H3,(H,20,23). The molecule has 3 heterocycles. The van der Waals surface area contributed by atoms with Crippen LogP contribution in [-0.2, 0) is 32.6 Å². The first kappa shape index (κ1) is 19.3. The van der Waals surface area contributed by atoms with Crippen molar-refractivity contribution in [1.29, 1.82) is 0 Å². The van der Waals surface area contributed by atoms with Gasteiger partial charge in [-0.1, -0.05) is 12.1 Å². The molecule has 1 aromatic heterocycles. The van der Waals surface area contributed by atoms with Crippen molar-refractivity contribution in [3.63, 3.8) is 0 Å². The zero-order valence-electron chi connectivity index (χ0n) is 15.7. The first-order chi connectivity index (χ1) is 13.4. The highest BCUT2D eigenvalue weighted by Crippen LogP contribution is 2.38. The molecule has 9 heteroatoms. The average molecular weight is 422 g/mol. The second-order valence-electron chi connectivity index (χ2n) is 7.07. The van der Waals surface area contributed by atoms with Crippen LogP contribution in [0.25, 0.3) is 0 Å². The monoisotopic (exact) mass is 421 g/mol. The van der Waals surface area contributed by atoms with E-state index in [4.69, 9.17) is 4.74 Å². The van der Waals surface area contributed by atoms with E-state index < -0.39 is 9.84 Å². The van der Waals surface area contributed by atoms with E-state index in [0.29, 0.717) is 18.8 Å². The Balaban J connectivity index is 1.51. The number of rotatable bonds is 6. The zero-order valence-corrected chi connectivity index (χ0v) is 17.3. The van der Waals surface area contributed by atoms with E-state index in [1.54, 1.807) is 16.4 Å². The molecule has 1 aromatic carbocycles. The van der Waals surface area contributed by atoms with Crippen LogP contribution in [0.4, 0.5) is 5.82 Å². The summed E-state index contributed by atoms with van der Waals surface area (Å²) in [5.41, 5.74) is 2.86. The molecule has 0 radical (unpaired) electrons. The molecule has 4 rings (SSSR count). The van der Waals surface area contributed by atoms with Crippen LogP contribution in [0.3, 0.4) is 0 Å². The van der Waals surface area contributed by atoms with E-state index in [9.17, 15) is 13.2 Å². The van der Waals surface area contributed by atoms with Gasteiger partial charge in [-0.05, 0) is 31.0 Å². The van der Waals surface area contributed by atoms with E-state index in [-0.39, 0.29) is 29.9 Å². The minimum atomic E-state index is -3.03. The fourth-order valence-corrected chi connectivity index (χ4v) is 6.36. The molecule has 0 bridgehead atoms. The summed E-state index contributed by atoms with van der Waals surface area (Å²) >= 11 is 1.75. The third-order valence-corrected chi connectivity index (χ3v) is 7.71. The Kier molecular flexibility index (Phi) is 5.37. The molecule has 1 saturated heterocycles. The summed E-state index contributed by atoms with van der Waals surface area (Å²) in [6.45, 7) is 2.53. The van der Waals surface area contributed by atoms with Gasteiger partial charge >= 0.3 is 0 Å². The Labute approximate surface area is 168 Å². The van der Waals surface area contributed by atoms with Crippen molar-refractivity contribution >= 4 is 33.3 Å². The van der Waals surface area contributed by atoms with E-state index in [2.05, 4.69) is 10.4 Å². The first-order valence-electron chi connectivity index (χ1n) is 9.35. The van der Waals surface area contributed by atoms with Crippen LogP contribution < -0.4 is 10.1 Å². The SMILES string of the molecule is CCOc1ccc(CC(=O)Nc2c3c(nn2C2CCS(=O)(=O)C2)CSC3)cc1. The second kappa shape index (κ2) is 7.79. The van der Waals surface area contributed by atoms with Crippen LogP contribution in [0.1, 0.15) is 36.2 Å². The Morgan fingerprint density at radius 3 is 2.79 bits per heavy atom. The Morgan fingerprint density at radius 1 is 1.32 bits per heavy atom. The summed E-state index contributed by atoms with van der Waals surface area (Å²) in [6.07, 6.45) is 0.778. The topological polar surface area (TPSA) is 90.3 Å². The van der Waals surface area contributed by atoms with Crippen molar-refractivity contribution in [1.82, 2.24) is 9.78 Å². The molecule has 1 amide bonds. The summed E-state index contributed by atoms with van der Waals surface area (Å²) in [6, 6.07) is 7.26. The quantitative estimate of drug-likeness (QED) is 0.771. The van der Waals surface area contributed by atoms with E-state index in [1.807, 2.05) is 31.2 Å². The number of aromatic nitrogens is 2.